The van der Waals surface area contributed by atoms with Crippen LogP contribution < -0.4 is 5.73 Å². The first kappa shape index (κ1) is 24.4. The number of aromatic nitrogens is 2. The third-order valence-electron chi connectivity index (χ3n) is 4.58. The molecule has 0 bridgehead atoms. The number of thiazole rings is 1. The van der Waals surface area contributed by atoms with Gasteiger partial charge in [0.05, 0.1) is 32.8 Å². The highest BCUT2D eigenvalue weighted by Crippen LogP contribution is 2.44. The molecule has 13 heteroatoms. The Hall–Kier alpha value is -3.77. The summed E-state index contributed by atoms with van der Waals surface area (Å²) in [7, 11) is 0. The number of nitrogens with two attached hydrogens (primary N) is 1. The molecule has 2 heterocycles. The highest BCUT2D eigenvalue weighted by Gasteiger charge is 2.42. The topological polar surface area (TPSA) is 97.5 Å². The SMILES string of the molecule is NC=C(C(=Nc1cccc(F)c1)C(F)(F)F)c1onc(-c2c(F)cccc2Cl)c1-c1nc(O)cs1. The van der Waals surface area contributed by atoms with Gasteiger partial charge in [-0.15, -0.1) is 11.3 Å². The van der Waals surface area contributed by atoms with Crippen LogP contribution in [0.4, 0.5) is 27.6 Å². The fourth-order valence-electron chi connectivity index (χ4n) is 3.16. The Morgan fingerprint density at radius 2 is 1.89 bits per heavy atom. The van der Waals surface area contributed by atoms with Gasteiger partial charge in [0.15, 0.2) is 11.5 Å². The second-order valence-corrected chi connectivity index (χ2v) is 8.13. The van der Waals surface area contributed by atoms with Gasteiger partial charge in [-0.3, -0.25) is 0 Å². The number of halogens is 6. The van der Waals surface area contributed by atoms with Crippen molar-refractivity contribution in [1.29, 1.82) is 0 Å². The lowest BCUT2D eigenvalue weighted by Crippen LogP contribution is -2.25. The van der Waals surface area contributed by atoms with Crippen molar-refractivity contribution in [3.8, 4) is 27.7 Å². The van der Waals surface area contributed by atoms with Crippen LogP contribution in [0.2, 0.25) is 5.02 Å². The average Bonchev–Trinajstić information content (AvgIpc) is 3.39. The van der Waals surface area contributed by atoms with Gasteiger partial charge in [0.1, 0.15) is 22.3 Å². The number of aliphatic imine (C=N–C) groups is 1. The first-order valence-electron chi connectivity index (χ1n) is 9.53. The van der Waals surface area contributed by atoms with Crippen LogP contribution in [0.3, 0.4) is 0 Å². The summed E-state index contributed by atoms with van der Waals surface area (Å²) in [4.78, 5) is 7.41. The minimum absolute atomic E-state index is 0.0558. The smallest absolute Gasteiger partial charge is 0.434 e. The Morgan fingerprint density at radius 3 is 2.49 bits per heavy atom. The molecular formula is C22H12ClF5N4O2S. The summed E-state index contributed by atoms with van der Waals surface area (Å²) in [5.41, 5.74) is 2.17. The Kier molecular flexibility index (Phi) is 6.59. The largest absolute Gasteiger partial charge is 0.493 e. The second-order valence-electron chi connectivity index (χ2n) is 6.86. The Morgan fingerprint density at radius 1 is 1.14 bits per heavy atom. The van der Waals surface area contributed by atoms with Gasteiger partial charge < -0.3 is 15.4 Å². The quantitative estimate of drug-likeness (QED) is 0.222. The van der Waals surface area contributed by atoms with Gasteiger partial charge in [0.2, 0.25) is 5.88 Å². The van der Waals surface area contributed by atoms with Crippen LogP contribution in [-0.2, 0) is 0 Å². The maximum atomic E-state index is 14.7. The summed E-state index contributed by atoms with van der Waals surface area (Å²) >= 11 is 6.97. The van der Waals surface area contributed by atoms with Gasteiger partial charge in [-0.05, 0) is 30.3 Å². The van der Waals surface area contributed by atoms with Crippen molar-refractivity contribution in [2.24, 2.45) is 10.7 Å². The van der Waals surface area contributed by atoms with Crippen LogP contribution in [0, 0.1) is 11.6 Å². The van der Waals surface area contributed by atoms with Crippen molar-refractivity contribution >= 4 is 39.9 Å². The van der Waals surface area contributed by atoms with Crippen LogP contribution in [0.5, 0.6) is 5.88 Å². The molecule has 0 saturated heterocycles. The molecule has 0 radical (unpaired) electrons. The first-order valence-corrected chi connectivity index (χ1v) is 10.8. The fraction of sp³-hybridized carbons (Fsp3) is 0.0455. The van der Waals surface area contributed by atoms with E-state index < -0.39 is 40.7 Å². The average molecular weight is 527 g/mol. The van der Waals surface area contributed by atoms with E-state index in [0.717, 1.165) is 35.6 Å². The number of rotatable bonds is 5. The Bertz CT molecular complexity index is 1440. The van der Waals surface area contributed by atoms with Crippen LogP contribution in [0.15, 0.2) is 63.6 Å². The summed E-state index contributed by atoms with van der Waals surface area (Å²) < 4.78 is 75.8. The lowest BCUT2D eigenvalue weighted by atomic mass is 9.99. The molecule has 35 heavy (non-hydrogen) atoms. The van der Waals surface area contributed by atoms with Crippen molar-refractivity contribution < 1.29 is 31.6 Å². The molecule has 0 fully saturated rings. The number of allylic oxidation sites excluding steroid dienone is 1. The summed E-state index contributed by atoms with van der Waals surface area (Å²) in [6.45, 7) is 0. The van der Waals surface area contributed by atoms with Crippen LogP contribution >= 0.6 is 22.9 Å². The van der Waals surface area contributed by atoms with E-state index in [4.69, 9.17) is 21.9 Å². The maximum absolute atomic E-state index is 14.7. The molecule has 6 nitrogen and oxygen atoms in total. The molecule has 4 aromatic rings. The van der Waals surface area contributed by atoms with E-state index >= 15 is 0 Å². The van der Waals surface area contributed by atoms with Gasteiger partial charge in [-0.25, -0.2) is 18.8 Å². The van der Waals surface area contributed by atoms with E-state index in [1.165, 1.54) is 23.6 Å². The zero-order chi connectivity index (χ0) is 25.3. The van der Waals surface area contributed by atoms with Crippen molar-refractivity contribution in [1.82, 2.24) is 10.1 Å². The molecule has 0 aliphatic heterocycles. The van der Waals surface area contributed by atoms with Gasteiger partial charge >= 0.3 is 6.18 Å². The molecule has 180 valence electrons. The highest BCUT2D eigenvalue weighted by molar-refractivity contribution is 7.13. The number of nitrogens with zero attached hydrogens (tertiary/aromatic N) is 3. The van der Waals surface area contributed by atoms with Gasteiger partial charge in [-0.1, -0.05) is 28.9 Å². The lowest BCUT2D eigenvalue weighted by molar-refractivity contribution is -0.0571. The molecule has 0 aliphatic rings. The third-order valence-corrected chi connectivity index (χ3v) is 5.74. The highest BCUT2D eigenvalue weighted by atomic mass is 35.5. The van der Waals surface area contributed by atoms with Crippen molar-refractivity contribution in [3.63, 3.8) is 0 Å². The molecule has 0 unspecified atom stereocenters. The summed E-state index contributed by atoms with van der Waals surface area (Å²) in [6.07, 6.45) is -4.50. The Labute approximate surface area is 202 Å². The summed E-state index contributed by atoms with van der Waals surface area (Å²) in [6, 6.07) is 7.94. The molecule has 2 aromatic carbocycles. The van der Waals surface area contributed by atoms with E-state index in [0.29, 0.717) is 6.20 Å². The monoisotopic (exact) mass is 526 g/mol. The molecule has 0 amide bonds. The number of alkyl halides is 3. The van der Waals surface area contributed by atoms with Gasteiger partial charge in [-0.2, -0.15) is 13.2 Å². The van der Waals surface area contributed by atoms with Gasteiger partial charge in [0, 0.05) is 6.20 Å². The van der Waals surface area contributed by atoms with E-state index in [-0.39, 0.29) is 32.5 Å². The number of benzene rings is 2. The Balaban J connectivity index is 2.00. The van der Waals surface area contributed by atoms with Crippen LogP contribution in [0.25, 0.3) is 27.4 Å². The second kappa shape index (κ2) is 9.47. The first-order chi connectivity index (χ1) is 16.6. The van der Waals surface area contributed by atoms with Crippen LogP contribution in [0.1, 0.15) is 5.76 Å². The summed E-state index contributed by atoms with van der Waals surface area (Å²) in [5, 5.41) is 14.5. The summed E-state index contributed by atoms with van der Waals surface area (Å²) in [5.74, 6) is -2.64. The van der Waals surface area contributed by atoms with Crippen molar-refractivity contribution in [2.75, 3.05) is 0 Å². The number of hydrogen-bond acceptors (Lipinski definition) is 7. The van der Waals surface area contributed by atoms with Crippen molar-refractivity contribution in [2.45, 2.75) is 6.18 Å². The van der Waals surface area contributed by atoms with Crippen molar-refractivity contribution in [3.05, 3.63) is 76.5 Å². The molecule has 2 aromatic heterocycles. The zero-order valence-corrected chi connectivity index (χ0v) is 18.7. The number of hydrogen-bond donors (Lipinski definition) is 2. The number of aromatic hydroxyl groups is 1. The molecular weight excluding hydrogens is 515 g/mol. The molecule has 0 atom stereocenters. The van der Waals surface area contributed by atoms with E-state index in [1.807, 2.05) is 0 Å². The molecule has 3 N–H and O–H groups in total. The molecule has 4 rings (SSSR count). The van der Waals surface area contributed by atoms with E-state index in [9.17, 15) is 27.1 Å². The van der Waals surface area contributed by atoms with Crippen LogP contribution in [-0.4, -0.2) is 27.1 Å². The standard InChI is InChI=1S/C22H12ClF5N4O2S/c23-13-5-2-6-14(25)16(13)18-17(21-31-15(33)9-35-21)19(34-32-18)12(8-29)20(22(26,27)28)30-11-4-1-3-10(24)7-11/h1-9,33H,29H2. The molecule has 0 aliphatic carbocycles. The maximum Gasteiger partial charge on any atom is 0.434 e. The minimum Gasteiger partial charge on any atom is -0.493 e. The van der Waals surface area contributed by atoms with Gasteiger partial charge in [0.25, 0.3) is 0 Å². The lowest BCUT2D eigenvalue weighted by Gasteiger charge is -2.13. The minimum atomic E-state index is -5.08. The van der Waals surface area contributed by atoms with E-state index in [1.54, 1.807) is 0 Å². The predicted molar refractivity (Wildman–Crippen MR) is 121 cm³/mol. The fourth-order valence-corrected chi connectivity index (χ4v) is 4.14. The zero-order valence-electron chi connectivity index (χ0n) is 17.1. The molecule has 0 spiro atoms. The third kappa shape index (κ3) is 4.88. The molecule has 0 saturated carbocycles. The predicted octanol–water partition coefficient (Wildman–Crippen LogP) is 6.74. The van der Waals surface area contributed by atoms with E-state index in [2.05, 4.69) is 15.1 Å². The normalized spacial score (nSPS) is 12.9.